The van der Waals surface area contributed by atoms with E-state index < -0.39 is 0 Å². The molecule has 4 rings (SSSR count). The third kappa shape index (κ3) is 3.80. The molecule has 0 radical (unpaired) electrons. The maximum absolute atomic E-state index is 12.3. The van der Waals surface area contributed by atoms with Gasteiger partial charge in [-0.2, -0.15) is 10.2 Å². The molecule has 1 N–H and O–H groups in total. The van der Waals surface area contributed by atoms with Crippen molar-refractivity contribution >= 4 is 5.91 Å². The van der Waals surface area contributed by atoms with Crippen LogP contribution in [0.1, 0.15) is 40.2 Å². The molecule has 0 saturated carbocycles. The fourth-order valence-corrected chi connectivity index (χ4v) is 3.63. The van der Waals surface area contributed by atoms with Crippen LogP contribution in [-0.2, 0) is 20.1 Å². The normalized spacial score (nSPS) is 17.0. The Labute approximate surface area is 157 Å². The molecule has 1 aliphatic rings. The molecule has 8 nitrogen and oxygen atoms in total. The standard InChI is InChI=1S/C19H24N6O2/c1-14-3-4-17(27-14)13-24-11-15(25-16(12-24)6-9-22-25)5-8-20-19(26)18-7-10-21-23(18)2/h3-4,6-7,9-10,15H,5,8,11-13H2,1-2H3,(H,20,26)/t15-/m1/s1. The van der Waals surface area contributed by atoms with Crippen molar-refractivity contribution in [3.8, 4) is 0 Å². The summed E-state index contributed by atoms with van der Waals surface area (Å²) in [5.41, 5.74) is 1.75. The second-order valence-electron chi connectivity index (χ2n) is 6.99. The fourth-order valence-electron chi connectivity index (χ4n) is 3.63. The van der Waals surface area contributed by atoms with E-state index in [1.165, 1.54) is 5.69 Å². The van der Waals surface area contributed by atoms with Gasteiger partial charge in [0.1, 0.15) is 17.2 Å². The number of nitrogens with one attached hydrogen (secondary N) is 1. The maximum Gasteiger partial charge on any atom is 0.269 e. The summed E-state index contributed by atoms with van der Waals surface area (Å²) in [4.78, 5) is 14.6. The topological polar surface area (TPSA) is 81.1 Å². The Balaban J connectivity index is 1.38. The molecule has 0 spiro atoms. The summed E-state index contributed by atoms with van der Waals surface area (Å²) >= 11 is 0. The van der Waals surface area contributed by atoms with Crippen molar-refractivity contribution in [3.63, 3.8) is 0 Å². The van der Waals surface area contributed by atoms with Crippen molar-refractivity contribution in [2.75, 3.05) is 13.1 Å². The highest BCUT2D eigenvalue weighted by Gasteiger charge is 2.26. The Morgan fingerprint density at radius 2 is 2.11 bits per heavy atom. The highest BCUT2D eigenvalue weighted by molar-refractivity contribution is 5.92. The van der Waals surface area contributed by atoms with Gasteiger partial charge in [0.2, 0.25) is 0 Å². The van der Waals surface area contributed by atoms with E-state index in [4.69, 9.17) is 4.42 Å². The number of aryl methyl sites for hydroxylation is 2. The van der Waals surface area contributed by atoms with Crippen molar-refractivity contribution in [1.82, 2.24) is 29.8 Å². The SMILES string of the molecule is Cc1ccc(CN2Cc3ccnn3[C@H](CCNC(=O)c3ccnn3C)C2)o1. The third-order valence-electron chi connectivity index (χ3n) is 4.94. The number of aromatic nitrogens is 4. The Morgan fingerprint density at radius 3 is 2.85 bits per heavy atom. The Bertz CT molecular complexity index is 924. The first-order valence-corrected chi connectivity index (χ1v) is 9.16. The predicted octanol–water partition coefficient (Wildman–Crippen LogP) is 1.90. The lowest BCUT2D eigenvalue weighted by Gasteiger charge is -2.33. The molecule has 0 aliphatic carbocycles. The molecule has 27 heavy (non-hydrogen) atoms. The zero-order valence-corrected chi connectivity index (χ0v) is 15.6. The van der Waals surface area contributed by atoms with Crippen LogP contribution in [0.3, 0.4) is 0 Å². The van der Waals surface area contributed by atoms with E-state index >= 15 is 0 Å². The fraction of sp³-hybridized carbons (Fsp3) is 0.421. The van der Waals surface area contributed by atoms with E-state index in [2.05, 4.69) is 31.2 Å². The highest BCUT2D eigenvalue weighted by Crippen LogP contribution is 2.24. The van der Waals surface area contributed by atoms with Gasteiger partial charge < -0.3 is 9.73 Å². The summed E-state index contributed by atoms with van der Waals surface area (Å²) in [7, 11) is 1.76. The number of hydrogen-bond acceptors (Lipinski definition) is 5. The van der Waals surface area contributed by atoms with Gasteiger partial charge in [0, 0.05) is 39.1 Å². The second kappa shape index (κ2) is 7.40. The number of nitrogens with zero attached hydrogens (tertiary/aromatic N) is 5. The minimum Gasteiger partial charge on any atom is -0.465 e. The van der Waals surface area contributed by atoms with Gasteiger partial charge in [-0.15, -0.1) is 0 Å². The van der Waals surface area contributed by atoms with E-state index in [-0.39, 0.29) is 11.9 Å². The molecule has 0 aromatic carbocycles. The van der Waals surface area contributed by atoms with Crippen LogP contribution in [-0.4, -0.2) is 43.5 Å². The smallest absolute Gasteiger partial charge is 0.269 e. The van der Waals surface area contributed by atoms with Crippen molar-refractivity contribution in [1.29, 1.82) is 0 Å². The summed E-state index contributed by atoms with van der Waals surface area (Å²) in [5, 5.41) is 11.5. The van der Waals surface area contributed by atoms with E-state index in [9.17, 15) is 4.79 Å². The molecule has 142 valence electrons. The number of rotatable bonds is 6. The molecule has 1 amide bonds. The van der Waals surface area contributed by atoms with Crippen molar-refractivity contribution in [2.45, 2.75) is 32.5 Å². The maximum atomic E-state index is 12.3. The average molecular weight is 368 g/mol. The number of furan rings is 1. The van der Waals surface area contributed by atoms with E-state index in [1.807, 2.05) is 25.3 Å². The van der Waals surface area contributed by atoms with Crippen molar-refractivity contribution < 1.29 is 9.21 Å². The van der Waals surface area contributed by atoms with Gasteiger partial charge in [-0.05, 0) is 37.6 Å². The lowest BCUT2D eigenvalue weighted by molar-refractivity contribution is 0.0937. The molecule has 0 saturated heterocycles. The summed E-state index contributed by atoms with van der Waals surface area (Å²) in [6, 6.07) is 8.01. The van der Waals surface area contributed by atoms with Gasteiger partial charge in [0.15, 0.2) is 0 Å². The monoisotopic (exact) mass is 368 g/mol. The molecule has 0 unspecified atom stereocenters. The molecule has 1 atom stereocenters. The molecular weight excluding hydrogens is 344 g/mol. The average Bonchev–Trinajstić information content (AvgIpc) is 3.36. The van der Waals surface area contributed by atoms with Gasteiger partial charge in [-0.3, -0.25) is 19.1 Å². The van der Waals surface area contributed by atoms with Gasteiger partial charge in [0.05, 0.1) is 18.3 Å². The Kier molecular flexibility index (Phi) is 4.81. The molecule has 4 heterocycles. The Hall–Kier alpha value is -2.87. The first kappa shape index (κ1) is 17.5. The summed E-state index contributed by atoms with van der Waals surface area (Å²) < 4.78 is 9.39. The second-order valence-corrected chi connectivity index (χ2v) is 6.99. The number of hydrogen-bond donors (Lipinski definition) is 1. The minimum absolute atomic E-state index is 0.102. The molecule has 8 heteroatoms. The molecule has 1 aliphatic heterocycles. The number of carbonyl (C=O) groups excluding carboxylic acids is 1. The first-order chi connectivity index (χ1) is 13.1. The van der Waals surface area contributed by atoms with Crippen LogP contribution in [0.25, 0.3) is 0 Å². The molecule has 3 aromatic rings. The van der Waals surface area contributed by atoms with Gasteiger partial charge in [-0.25, -0.2) is 0 Å². The predicted molar refractivity (Wildman–Crippen MR) is 99.0 cm³/mol. The molecule has 0 bridgehead atoms. The summed E-state index contributed by atoms with van der Waals surface area (Å²) in [6.45, 7) is 5.04. The minimum atomic E-state index is -0.102. The lowest BCUT2D eigenvalue weighted by Crippen LogP contribution is -2.39. The quantitative estimate of drug-likeness (QED) is 0.719. The van der Waals surface area contributed by atoms with Gasteiger partial charge in [-0.1, -0.05) is 0 Å². The van der Waals surface area contributed by atoms with Crippen molar-refractivity contribution in [3.05, 3.63) is 59.6 Å². The van der Waals surface area contributed by atoms with Crippen LogP contribution in [0.5, 0.6) is 0 Å². The van der Waals surface area contributed by atoms with Crippen LogP contribution in [0.15, 0.2) is 41.1 Å². The van der Waals surface area contributed by atoms with Crippen LogP contribution in [0.4, 0.5) is 0 Å². The van der Waals surface area contributed by atoms with Crippen LogP contribution < -0.4 is 5.32 Å². The first-order valence-electron chi connectivity index (χ1n) is 9.16. The lowest BCUT2D eigenvalue weighted by atomic mass is 10.1. The van der Waals surface area contributed by atoms with E-state index in [0.29, 0.717) is 12.2 Å². The van der Waals surface area contributed by atoms with Crippen LogP contribution in [0.2, 0.25) is 0 Å². The molecule has 0 fully saturated rings. The van der Waals surface area contributed by atoms with Gasteiger partial charge >= 0.3 is 0 Å². The summed E-state index contributed by atoms with van der Waals surface area (Å²) in [5.74, 6) is 1.81. The molecular formula is C19H24N6O2. The number of carbonyl (C=O) groups is 1. The van der Waals surface area contributed by atoms with E-state index in [1.54, 1.807) is 24.0 Å². The third-order valence-corrected chi connectivity index (χ3v) is 4.94. The zero-order chi connectivity index (χ0) is 18.8. The summed E-state index contributed by atoms with van der Waals surface area (Å²) in [6.07, 6.45) is 4.28. The largest absolute Gasteiger partial charge is 0.465 e. The molecule has 3 aromatic heterocycles. The Morgan fingerprint density at radius 1 is 1.26 bits per heavy atom. The van der Waals surface area contributed by atoms with Crippen molar-refractivity contribution in [2.24, 2.45) is 7.05 Å². The number of amides is 1. The zero-order valence-electron chi connectivity index (χ0n) is 15.6. The van der Waals surface area contributed by atoms with Gasteiger partial charge in [0.25, 0.3) is 5.91 Å². The number of fused-ring (bicyclic) bond motifs is 1. The highest BCUT2D eigenvalue weighted by atomic mass is 16.3. The van der Waals surface area contributed by atoms with Crippen LogP contribution in [0, 0.1) is 6.92 Å². The van der Waals surface area contributed by atoms with E-state index in [0.717, 1.165) is 37.6 Å². The van der Waals surface area contributed by atoms with Crippen LogP contribution >= 0.6 is 0 Å².